The normalized spacial score (nSPS) is 11.2. The lowest BCUT2D eigenvalue weighted by molar-refractivity contribution is 0.304. The molecule has 2 aromatic rings. The Morgan fingerprint density at radius 2 is 1.61 bits per heavy atom. The van der Waals surface area contributed by atoms with Gasteiger partial charge in [-0.25, -0.2) is 4.98 Å². The fraction of sp³-hybridized carbons (Fsp3) is 0.565. The predicted molar refractivity (Wildman–Crippen MR) is 122 cm³/mol. The first-order valence-electron chi connectivity index (χ1n) is 10.7. The summed E-state index contributed by atoms with van der Waals surface area (Å²) in [6.07, 6.45) is 15.3. The molecule has 1 aromatic heterocycles. The number of thiazole rings is 1. The quantitative estimate of drug-likeness (QED) is 0.195. The van der Waals surface area contributed by atoms with E-state index in [9.17, 15) is 0 Å². The number of unbranched alkanes of at least 4 members (excludes halogenated alkanes) is 9. The van der Waals surface area contributed by atoms with Gasteiger partial charge in [-0.2, -0.15) is 5.10 Å². The second-order valence-corrected chi connectivity index (χ2v) is 8.12. The molecule has 0 atom stereocenters. The summed E-state index contributed by atoms with van der Waals surface area (Å²) < 4.78 is 5.84. The summed E-state index contributed by atoms with van der Waals surface area (Å²) in [5, 5.41) is 7.03. The van der Waals surface area contributed by atoms with Crippen molar-refractivity contribution in [1.82, 2.24) is 4.98 Å². The van der Waals surface area contributed by atoms with Crippen LogP contribution in [0.15, 0.2) is 34.7 Å². The van der Waals surface area contributed by atoms with Gasteiger partial charge in [-0.3, -0.25) is 5.43 Å². The molecule has 0 aliphatic heterocycles. The summed E-state index contributed by atoms with van der Waals surface area (Å²) in [4.78, 5) is 4.31. The average Bonchev–Trinajstić information content (AvgIpc) is 3.12. The van der Waals surface area contributed by atoms with Crippen molar-refractivity contribution < 1.29 is 4.74 Å². The number of ether oxygens (including phenoxy) is 1. The molecular formula is C23H35N3OS. The molecule has 28 heavy (non-hydrogen) atoms. The van der Waals surface area contributed by atoms with Crippen LogP contribution in [0.1, 0.15) is 82.4 Å². The highest BCUT2D eigenvalue weighted by Gasteiger charge is 1.97. The van der Waals surface area contributed by atoms with Gasteiger partial charge in [0.2, 0.25) is 5.13 Å². The maximum atomic E-state index is 5.84. The van der Waals surface area contributed by atoms with Crippen LogP contribution in [0.5, 0.6) is 5.75 Å². The lowest BCUT2D eigenvalue weighted by Gasteiger charge is -2.06. The second kappa shape index (κ2) is 14.2. The van der Waals surface area contributed by atoms with E-state index in [-0.39, 0.29) is 0 Å². The lowest BCUT2D eigenvalue weighted by atomic mass is 10.1. The Labute approximate surface area is 174 Å². The van der Waals surface area contributed by atoms with Gasteiger partial charge in [0.15, 0.2) is 0 Å². The van der Waals surface area contributed by atoms with E-state index in [1.165, 1.54) is 57.8 Å². The number of aromatic nitrogens is 1. The Balaban J connectivity index is 1.50. The van der Waals surface area contributed by atoms with Crippen LogP contribution in [0.25, 0.3) is 0 Å². The Bertz CT molecular complexity index is 667. The van der Waals surface area contributed by atoms with Crippen LogP contribution in [0.4, 0.5) is 5.13 Å². The van der Waals surface area contributed by atoms with E-state index in [0.717, 1.165) is 35.2 Å². The molecule has 1 aromatic carbocycles. The molecule has 0 radical (unpaired) electrons. The summed E-state index contributed by atoms with van der Waals surface area (Å²) in [5.74, 6) is 0.927. The van der Waals surface area contributed by atoms with Gasteiger partial charge < -0.3 is 4.74 Å². The van der Waals surface area contributed by atoms with Gasteiger partial charge >= 0.3 is 0 Å². The van der Waals surface area contributed by atoms with Crippen LogP contribution in [-0.4, -0.2) is 17.8 Å². The highest BCUT2D eigenvalue weighted by molar-refractivity contribution is 7.13. The first kappa shape index (κ1) is 22.4. The maximum Gasteiger partial charge on any atom is 0.203 e. The third-order valence-electron chi connectivity index (χ3n) is 4.64. The molecule has 5 heteroatoms. The van der Waals surface area contributed by atoms with Gasteiger partial charge in [0.25, 0.3) is 0 Å². The number of aryl methyl sites for hydroxylation is 1. The zero-order valence-electron chi connectivity index (χ0n) is 17.5. The molecule has 0 fully saturated rings. The predicted octanol–water partition coefficient (Wildman–Crippen LogP) is 7.20. The van der Waals surface area contributed by atoms with E-state index in [2.05, 4.69) is 22.4 Å². The zero-order chi connectivity index (χ0) is 19.9. The molecule has 0 spiro atoms. The number of rotatable bonds is 15. The first-order chi connectivity index (χ1) is 13.8. The number of hydrogen-bond donors (Lipinski definition) is 1. The molecule has 0 aliphatic carbocycles. The van der Waals surface area contributed by atoms with Crippen molar-refractivity contribution in [1.29, 1.82) is 0 Å². The van der Waals surface area contributed by atoms with Crippen molar-refractivity contribution >= 4 is 22.7 Å². The largest absolute Gasteiger partial charge is 0.494 e. The molecule has 1 heterocycles. The van der Waals surface area contributed by atoms with Crippen LogP contribution < -0.4 is 10.2 Å². The van der Waals surface area contributed by atoms with Crippen molar-refractivity contribution in [3.8, 4) is 5.75 Å². The van der Waals surface area contributed by atoms with E-state index < -0.39 is 0 Å². The van der Waals surface area contributed by atoms with Gasteiger partial charge in [0, 0.05) is 5.38 Å². The van der Waals surface area contributed by atoms with Gasteiger partial charge in [-0.1, -0.05) is 64.7 Å². The molecule has 0 aliphatic rings. The fourth-order valence-corrected chi connectivity index (χ4v) is 3.63. The van der Waals surface area contributed by atoms with E-state index >= 15 is 0 Å². The summed E-state index contributed by atoms with van der Waals surface area (Å²) in [5.41, 5.74) is 4.99. The van der Waals surface area contributed by atoms with Crippen molar-refractivity contribution in [3.63, 3.8) is 0 Å². The second-order valence-electron chi connectivity index (χ2n) is 7.26. The highest BCUT2D eigenvalue weighted by Crippen LogP contribution is 2.15. The average molecular weight is 402 g/mol. The third kappa shape index (κ3) is 9.88. The van der Waals surface area contributed by atoms with Crippen LogP contribution in [0, 0.1) is 6.92 Å². The van der Waals surface area contributed by atoms with Crippen molar-refractivity contribution in [2.24, 2.45) is 5.10 Å². The molecule has 0 saturated heterocycles. The third-order valence-corrected chi connectivity index (χ3v) is 5.50. The summed E-state index contributed by atoms with van der Waals surface area (Å²) in [7, 11) is 0. The number of benzene rings is 1. The standard InChI is InChI=1S/C23H35N3OS/c1-3-4-5-6-7-8-9-10-11-12-17-27-22-15-13-21(14-16-22)18-24-26-23-25-20(2)19-28-23/h13-16,18-19H,3-12,17H2,1-2H3,(H,25,26). The Morgan fingerprint density at radius 1 is 0.964 bits per heavy atom. The van der Waals surface area contributed by atoms with E-state index in [1.54, 1.807) is 17.6 Å². The van der Waals surface area contributed by atoms with Gasteiger partial charge in [0.05, 0.1) is 18.5 Å². The molecule has 154 valence electrons. The van der Waals surface area contributed by atoms with Crippen molar-refractivity contribution in [2.45, 2.75) is 78.1 Å². The molecule has 1 N–H and O–H groups in total. The van der Waals surface area contributed by atoms with E-state index in [0.29, 0.717) is 0 Å². The molecule has 0 saturated carbocycles. The minimum atomic E-state index is 0.800. The number of nitrogens with zero attached hydrogens (tertiary/aromatic N) is 2. The number of hydrogen-bond acceptors (Lipinski definition) is 5. The Morgan fingerprint density at radius 3 is 2.21 bits per heavy atom. The van der Waals surface area contributed by atoms with E-state index in [4.69, 9.17) is 4.74 Å². The zero-order valence-corrected chi connectivity index (χ0v) is 18.3. The molecular weight excluding hydrogens is 366 g/mol. The van der Waals surface area contributed by atoms with Crippen LogP contribution >= 0.6 is 11.3 Å². The summed E-state index contributed by atoms with van der Waals surface area (Å²) in [6.45, 7) is 5.04. The molecule has 0 unspecified atom stereocenters. The minimum absolute atomic E-state index is 0.800. The van der Waals surface area contributed by atoms with Gasteiger partial charge in [0.1, 0.15) is 5.75 Å². The molecule has 0 bridgehead atoms. The number of anilines is 1. The fourth-order valence-electron chi connectivity index (χ4n) is 3.00. The van der Waals surface area contributed by atoms with Crippen LogP contribution in [0.2, 0.25) is 0 Å². The van der Waals surface area contributed by atoms with Gasteiger partial charge in [-0.05, 0) is 43.2 Å². The topological polar surface area (TPSA) is 46.5 Å². The molecule has 0 amide bonds. The molecule has 2 rings (SSSR count). The lowest BCUT2D eigenvalue weighted by Crippen LogP contribution is -1.97. The Hall–Kier alpha value is -1.88. The summed E-state index contributed by atoms with van der Waals surface area (Å²) >= 11 is 1.55. The first-order valence-corrected chi connectivity index (χ1v) is 11.6. The smallest absolute Gasteiger partial charge is 0.203 e. The van der Waals surface area contributed by atoms with E-state index in [1.807, 2.05) is 36.6 Å². The minimum Gasteiger partial charge on any atom is -0.494 e. The maximum absolute atomic E-state index is 5.84. The van der Waals surface area contributed by atoms with Crippen LogP contribution in [-0.2, 0) is 0 Å². The van der Waals surface area contributed by atoms with Crippen molar-refractivity contribution in [2.75, 3.05) is 12.0 Å². The number of nitrogens with one attached hydrogen (secondary N) is 1. The highest BCUT2D eigenvalue weighted by atomic mass is 32.1. The SMILES string of the molecule is CCCCCCCCCCCCOc1ccc(C=NNc2nc(C)cs2)cc1. The summed E-state index contributed by atoms with van der Waals surface area (Å²) in [6, 6.07) is 8.05. The molecule has 4 nitrogen and oxygen atoms in total. The van der Waals surface area contributed by atoms with Crippen LogP contribution in [0.3, 0.4) is 0 Å². The monoisotopic (exact) mass is 401 g/mol. The van der Waals surface area contributed by atoms with Gasteiger partial charge in [-0.15, -0.1) is 11.3 Å². The number of hydrazone groups is 1. The Kier molecular flexibility index (Phi) is 11.3. The van der Waals surface area contributed by atoms with Crippen molar-refractivity contribution in [3.05, 3.63) is 40.9 Å².